The molecule has 0 unspecified atom stereocenters. The molecule has 1 saturated heterocycles. The van der Waals surface area contributed by atoms with E-state index in [2.05, 4.69) is 27.6 Å². The number of alkyl halides is 3. The highest BCUT2D eigenvalue weighted by atomic mass is 35.5. The quantitative estimate of drug-likeness (QED) is 0.364. The highest BCUT2D eigenvalue weighted by Gasteiger charge is 2.32. The lowest BCUT2D eigenvalue weighted by Gasteiger charge is -2.27. The Balaban J connectivity index is 0.00000253. The number of nitrogens with zero attached hydrogens (tertiary/aromatic N) is 4. The lowest BCUT2D eigenvalue weighted by Crippen LogP contribution is -2.29. The number of aromatic nitrogens is 3. The fourth-order valence-electron chi connectivity index (χ4n) is 5.53. The van der Waals surface area contributed by atoms with Crippen molar-refractivity contribution in [3.8, 4) is 16.9 Å². The zero-order valence-electron chi connectivity index (χ0n) is 19.0. The topological polar surface area (TPSA) is 43.1 Å². The van der Waals surface area contributed by atoms with E-state index < -0.39 is 11.7 Å². The molecule has 3 aliphatic heterocycles. The molecule has 0 aliphatic carbocycles. The second-order valence-electron chi connectivity index (χ2n) is 9.23. The number of fused-ring (bicyclic) bond motifs is 3. The van der Waals surface area contributed by atoms with Crippen molar-refractivity contribution in [3.05, 3.63) is 82.0 Å². The van der Waals surface area contributed by atoms with Crippen molar-refractivity contribution in [3.63, 3.8) is 0 Å². The van der Waals surface area contributed by atoms with Gasteiger partial charge in [-0.3, -0.25) is 19.2 Å². The number of hydrogen-bond acceptors (Lipinski definition) is 3. The molecule has 3 aromatic heterocycles. The minimum atomic E-state index is -4.44. The number of benzene rings is 1. The molecule has 1 fully saturated rings. The molecule has 6 heterocycles. The molecule has 0 atom stereocenters. The molecular formula is C26H24ClF3N4O. The first-order valence-corrected chi connectivity index (χ1v) is 11.4. The summed E-state index contributed by atoms with van der Waals surface area (Å²) >= 11 is 0. The molecule has 35 heavy (non-hydrogen) atoms. The standard InChI is InChI=1S/C26H23F3N4O.ClH/c1-31-23-13-19(3-4-20(23)21-15-32-9-6-16(7-10-32)25(21)31)33-11-8-17(12-24(33)34)22-5-2-18(14-30-22)26(27,28)29;/h2-5,8,11-14,16H,6-7,9-10,15H2,1H3;1H. The zero-order chi connectivity index (χ0) is 23.6. The van der Waals surface area contributed by atoms with Crippen LogP contribution in [-0.2, 0) is 19.8 Å². The number of aryl methyl sites for hydroxylation is 1. The van der Waals surface area contributed by atoms with Gasteiger partial charge in [0.2, 0.25) is 0 Å². The van der Waals surface area contributed by atoms with Crippen molar-refractivity contribution in [2.45, 2.75) is 31.5 Å². The van der Waals surface area contributed by atoms with Crippen LogP contribution in [0.4, 0.5) is 13.2 Å². The van der Waals surface area contributed by atoms with E-state index in [-0.39, 0.29) is 18.0 Å². The van der Waals surface area contributed by atoms with E-state index in [0.717, 1.165) is 43.1 Å². The summed E-state index contributed by atoms with van der Waals surface area (Å²) in [5.41, 5.74) is 4.41. The van der Waals surface area contributed by atoms with Gasteiger partial charge in [0.1, 0.15) is 0 Å². The summed E-state index contributed by atoms with van der Waals surface area (Å²) in [5, 5.41) is 1.23. The number of hydrogen-bond donors (Lipinski definition) is 0. The van der Waals surface area contributed by atoms with Crippen LogP contribution >= 0.6 is 12.4 Å². The highest BCUT2D eigenvalue weighted by molar-refractivity contribution is 5.87. The summed E-state index contributed by atoms with van der Waals surface area (Å²) < 4.78 is 42.3. The molecule has 2 bridgehead atoms. The Morgan fingerprint density at radius 2 is 1.80 bits per heavy atom. The normalized spacial score (nSPS) is 19.3. The van der Waals surface area contributed by atoms with Gasteiger partial charge in [-0.2, -0.15) is 13.2 Å². The molecule has 9 heteroatoms. The van der Waals surface area contributed by atoms with E-state index in [1.54, 1.807) is 16.8 Å². The van der Waals surface area contributed by atoms with Crippen LogP contribution in [0.15, 0.2) is 59.7 Å². The monoisotopic (exact) mass is 500 g/mol. The van der Waals surface area contributed by atoms with Gasteiger partial charge in [0.15, 0.2) is 0 Å². The van der Waals surface area contributed by atoms with E-state index in [1.165, 1.54) is 41.6 Å². The average molecular weight is 501 g/mol. The van der Waals surface area contributed by atoms with Crippen LogP contribution in [0.3, 0.4) is 0 Å². The SMILES string of the molecule is Cl.Cn1c2c(c3ccc(-n4ccc(-c5ccc(C(F)(F)F)cn5)cc4=O)cc31)CN1CCC2CC1. The molecule has 3 aliphatic rings. The Morgan fingerprint density at radius 1 is 1.03 bits per heavy atom. The number of rotatable bonds is 2. The summed E-state index contributed by atoms with van der Waals surface area (Å²) in [6, 6.07) is 11.5. The van der Waals surface area contributed by atoms with E-state index in [9.17, 15) is 18.0 Å². The third kappa shape index (κ3) is 3.94. The van der Waals surface area contributed by atoms with Crippen molar-refractivity contribution in [2.75, 3.05) is 13.1 Å². The van der Waals surface area contributed by atoms with Gasteiger partial charge in [0, 0.05) is 54.6 Å². The van der Waals surface area contributed by atoms with Crippen LogP contribution in [0, 0.1) is 0 Å². The Morgan fingerprint density at radius 3 is 2.46 bits per heavy atom. The maximum atomic E-state index is 12.9. The first-order valence-electron chi connectivity index (χ1n) is 11.4. The lowest BCUT2D eigenvalue weighted by molar-refractivity contribution is -0.137. The molecule has 182 valence electrons. The fraction of sp³-hybridized carbons (Fsp3) is 0.308. The number of pyridine rings is 2. The zero-order valence-corrected chi connectivity index (χ0v) is 19.9. The molecule has 0 spiro atoms. The first kappa shape index (κ1) is 23.6. The van der Waals surface area contributed by atoms with E-state index >= 15 is 0 Å². The average Bonchev–Trinajstić information content (AvgIpc) is 2.97. The summed E-state index contributed by atoms with van der Waals surface area (Å²) in [5.74, 6) is 0.577. The molecule has 0 N–H and O–H groups in total. The second-order valence-corrected chi connectivity index (χ2v) is 9.23. The minimum absolute atomic E-state index is 0. The van der Waals surface area contributed by atoms with E-state index in [1.807, 2.05) is 12.1 Å². The van der Waals surface area contributed by atoms with Crippen LogP contribution < -0.4 is 5.56 Å². The largest absolute Gasteiger partial charge is 0.417 e. The summed E-state index contributed by atoms with van der Waals surface area (Å²) in [7, 11) is 2.11. The van der Waals surface area contributed by atoms with Gasteiger partial charge in [-0.25, -0.2) is 0 Å². The summed E-state index contributed by atoms with van der Waals surface area (Å²) in [6.07, 6.45) is 0.364. The van der Waals surface area contributed by atoms with Crippen molar-refractivity contribution in [2.24, 2.45) is 7.05 Å². The van der Waals surface area contributed by atoms with Crippen molar-refractivity contribution < 1.29 is 13.2 Å². The maximum absolute atomic E-state index is 12.9. The summed E-state index contributed by atoms with van der Waals surface area (Å²) in [4.78, 5) is 19.4. The molecule has 0 amide bonds. The van der Waals surface area contributed by atoms with Crippen LogP contribution in [0.25, 0.3) is 27.8 Å². The van der Waals surface area contributed by atoms with Crippen LogP contribution in [0.5, 0.6) is 0 Å². The Bertz CT molecular complexity index is 1470. The van der Waals surface area contributed by atoms with Crippen molar-refractivity contribution >= 4 is 23.3 Å². The van der Waals surface area contributed by atoms with Gasteiger partial charge in [-0.05, 0) is 61.8 Å². The number of piperidine rings is 1. The lowest BCUT2D eigenvalue weighted by atomic mass is 9.94. The smallest absolute Gasteiger partial charge is 0.347 e. The second kappa shape index (κ2) is 8.53. The van der Waals surface area contributed by atoms with Gasteiger partial charge < -0.3 is 4.57 Å². The fourth-order valence-corrected chi connectivity index (χ4v) is 5.53. The molecule has 5 nitrogen and oxygen atoms in total. The Labute approximate surface area is 206 Å². The Hall–Kier alpha value is -3.10. The summed E-state index contributed by atoms with van der Waals surface area (Å²) in [6.45, 7) is 3.26. The van der Waals surface area contributed by atoms with Gasteiger partial charge in [-0.1, -0.05) is 6.07 Å². The molecule has 0 saturated carbocycles. The van der Waals surface area contributed by atoms with Crippen molar-refractivity contribution in [1.82, 2.24) is 19.0 Å². The molecule has 1 aromatic carbocycles. The first-order chi connectivity index (χ1) is 16.3. The third-order valence-corrected chi connectivity index (χ3v) is 7.28. The van der Waals surface area contributed by atoms with Crippen LogP contribution in [0.1, 0.15) is 35.6 Å². The predicted molar refractivity (Wildman–Crippen MR) is 131 cm³/mol. The van der Waals surface area contributed by atoms with Gasteiger partial charge in [0.05, 0.1) is 22.5 Å². The molecular weight excluding hydrogens is 477 g/mol. The van der Waals surface area contributed by atoms with Gasteiger partial charge >= 0.3 is 6.18 Å². The van der Waals surface area contributed by atoms with Crippen molar-refractivity contribution in [1.29, 1.82) is 0 Å². The number of halogens is 4. The maximum Gasteiger partial charge on any atom is 0.417 e. The molecule has 7 rings (SSSR count). The van der Waals surface area contributed by atoms with Crippen LogP contribution in [-0.4, -0.2) is 32.1 Å². The van der Waals surface area contributed by atoms with Crippen LogP contribution in [0.2, 0.25) is 0 Å². The van der Waals surface area contributed by atoms with E-state index in [0.29, 0.717) is 17.2 Å². The Kier molecular flexibility index (Phi) is 5.76. The van der Waals surface area contributed by atoms with Gasteiger partial charge in [0.25, 0.3) is 5.56 Å². The van der Waals surface area contributed by atoms with E-state index in [4.69, 9.17) is 0 Å². The molecule has 0 radical (unpaired) electrons. The van der Waals surface area contributed by atoms with Gasteiger partial charge in [-0.15, -0.1) is 12.4 Å². The molecule has 4 aromatic rings. The minimum Gasteiger partial charge on any atom is -0.347 e. The predicted octanol–water partition coefficient (Wildman–Crippen LogP) is 5.52. The highest BCUT2D eigenvalue weighted by Crippen LogP contribution is 2.40. The third-order valence-electron chi connectivity index (χ3n) is 7.28.